The van der Waals surface area contributed by atoms with Crippen LogP contribution in [0.2, 0.25) is 0 Å². The molecule has 0 amide bonds. The zero-order valence-corrected chi connectivity index (χ0v) is 14.2. The molecule has 0 aliphatic heterocycles. The number of thiazole rings is 1. The summed E-state index contributed by atoms with van der Waals surface area (Å²) in [6.07, 6.45) is 4.14. The van der Waals surface area contributed by atoms with Crippen LogP contribution < -0.4 is 5.56 Å². The summed E-state index contributed by atoms with van der Waals surface area (Å²) in [4.78, 5) is 30.8. The number of nitrogens with zero attached hydrogens (tertiary/aromatic N) is 2. The zero-order valence-electron chi connectivity index (χ0n) is 13.4. The van der Waals surface area contributed by atoms with E-state index in [1.165, 1.54) is 35.2 Å². The van der Waals surface area contributed by atoms with E-state index in [2.05, 4.69) is 4.98 Å². The van der Waals surface area contributed by atoms with Crippen molar-refractivity contribution < 1.29 is 14.6 Å². The largest absolute Gasteiger partial charge is 0.508 e. The van der Waals surface area contributed by atoms with Crippen LogP contribution in [-0.2, 0) is 24.2 Å². The van der Waals surface area contributed by atoms with Crippen molar-refractivity contribution in [3.05, 3.63) is 62.5 Å². The quantitative estimate of drug-likeness (QED) is 0.730. The van der Waals surface area contributed by atoms with Crippen molar-refractivity contribution in [3.8, 4) is 5.75 Å². The van der Waals surface area contributed by atoms with E-state index in [-0.39, 0.29) is 17.9 Å². The molecule has 2 aromatic heterocycles. The Kier molecular flexibility index (Phi) is 4.01. The molecule has 7 heteroatoms. The number of aryl methyl sites for hydroxylation is 2. The summed E-state index contributed by atoms with van der Waals surface area (Å²) in [7, 11) is 0. The molecular weight excluding hydrogens is 340 g/mol. The first-order valence-corrected chi connectivity index (χ1v) is 8.93. The van der Waals surface area contributed by atoms with Crippen LogP contribution in [0.4, 0.5) is 0 Å². The van der Waals surface area contributed by atoms with Crippen LogP contribution >= 0.6 is 11.3 Å². The minimum Gasteiger partial charge on any atom is -0.508 e. The lowest BCUT2D eigenvalue weighted by atomic mass is 10.0. The molecule has 0 radical (unpaired) electrons. The van der Waals surface area contributed by atoms with Crippen LogP contribution in [-0.4, -0.2) is 20.5 Å². The molecule has 128 valence electrons. The van der Waals surface area contributed by atoms with Gasteiger partial charge in [0, 0.05) is 16.6 Å². The van der Waals surface area contributed by atoms with Crippen LogP contribution in [0.15, 0.2) is 35.1 Å². The number of ether oxygens (including phenoxy) is 1. The molecule has 1 aromatic carbocycles. The predicted octanol–water partition coefficient (Wildman–Crippen LogP) is 2.70. The molecule has 1 aliphatic carbocycles. The van der Waals surface area contributed by atoms with Gasteiger partial charge in [-0.3, -0.25) is 9.20 Å². The highest BCUT2D eigenvalue weighted by atomic mass is 32.1. The van der Waals surface area contributed by atoms with Gasteiger partial charge in [-0.1, -0.05) is 0 Å². The van der Waals surface area contributed by atoms with E-state index in [0.29, 0.717) is 16.2 Å². The maximum Gasteiger partial charge on any atom is 0.338 e. The fourth-order valence-electron chi connectivity index (χ4n) is 3.04. The normalized spacial score (nSPS) is 13.6. The number of aromatic nitrogens is 2. The summed E-state index contributed by atoms with van der Waals surface area (Å²) in [6.45, 7) is -0.0615. The molecule has 0 atom stereocenters. The lowest BCUT2D eigenvalue weighted by Crippen LogP contribution is -2.18. The van der Waals surface area contributed by atoms with Gasteiger partial charge >= 0.3 is 5.97 Å². The van der Waals surface area contributed by atoms with Crippen LogP contribution in [0.5, 0.6) is 5.75 Å². The number of aromatic hydroxyl groups is 1. The molecule has 4 rings (SSSR count). The van der Waals surface area contributed by atoms with E-state index < -0.39 is 5.97 Å². The highest BCUT2D eigenvalue weighted by Crippen LogP contribution is 2.28. The van der Waals surface area contributed by atoms with E-state index in [4.69, 9.17) is 4.74 Å². The fourth-order valence-corrected chi connectivity index (χ4v) is 4.27. The number of hydrogen-bond acceptors (Lipinski definition) is 6. The highest BCUT2D eigenvalue weighted by Gasteiger charge is 2.18. The predicted molar refractivity (Wildman–Crippen MR) is 93.2 cm³/mol. The van der Waals surface area contributed by atoms with Crippen molar-refractivity contribution in [1.29, 1.82) is 0 Å². The maximum atomic E-state index is 12.4. The average molecular weight is 356 g/mol. The summed E-state index contributed by atoms with van der Waals surface area (Å²) in [5.74, 6) is -0.439. The molecule has 0 unspecified atom stereocenters. The number of carbonyl (C=O) groups excluding carboxylic acids is 1. The van der Waals surface area contributed by atoms with Crippen molar-refractivity contribution in [2.45, 2.75) is 32.3 Å². The number of fused-ring (bicyclic) bond motifs is 3. The number of hydrogen-bond donors (Lipinski definition) is 1. The van der Waals surface area contributed by atoms with Crippen molar-refractivity contribution in [3.63, 3.8) is 0 Å². The van der Waals surface area contributed by atoms with Gasteiger partial charge in [0.2, 0.25) is 0 Å². The van der Waals surface area contributed by atoms with Gasteiger partial charge in [-0.05, 0) is 49.9 Å². The van der Waals surface area contributed by atoms with E-state index in [1.54, 1.807) is 15.7 Å². The third kappa shape index (κ3) is 3.02. The molecule has 1 N–H and O–H groups in total. The first kappa shape index (κ1) is 15.8. The van der Waals surface area contributed by atoms with Gasteiger partial charge in [0.1, 0.15) is 12.4 Å². The number of phenols is 1. The van der Waals surface area contributed by atoms with Crippen molar-refractivity contribution >= 4 is 22.3 Å². The van der Waals surface area contributed by atoms with E-state index >= 15 is 0 Å². The van der Waals surface area contributed by atoms with Gasteiger partial charge in [0.25, 0.3) is 5.56 Å². The molecule has 0 saturated heterocycles. The van der Waals surface area contributed by atoms with Gasteiger partial charge in [0.15, 0.2) is 4.96 Å². The second kappa shape index (κ2) is 6.33. The molecule has 0 bridgehead atoms. The molecule has 0 spiro atoms. The monoisotopic (exact) mass is 356 g/mol. The average Bonchev–Trinajstić information content (AvgIpc) is 2.99. The minimum absolute atomic E-state index is 0.0615. The van der Waals surface area contributed by atoms with Crippen LogP contribution in [0.25, 0.3) is 4.96 Å². The third-order valence-corrected chi connectivity index (χ3v) is 5.41. The van der Waals surface area contributed by atoms with E-state index in [0.717, 1.165) is 31.4 Å². The molecule has 1 aliphatic rings. The summed E-state index contributed by atoms with van der Waals surface area (Å²) >= 11 is 1.54. The van der Waals surface area contributed by atoms with Crippen LogP contribution in [0.3, 0.4) is 0 Å². The van der Waals surface area contributed by atoms with E-state index in [1.807, 2.05) is 0 Å². The van der Waals surface area contributed by atoms with E-state index in [9.17, 15) is 14.7 Å². The number of benzene rings is 1. The number of phenolic OH excluding ortho intramolecular Hbond substituents is 1. The summed E-state index contributed by atoms with van der Waals surface area (Å²) < 4.78 is 6.92. The molecule has 6 nitrogen and oxygen atoms in total. The van der Waals surface area contributed by atoms with Gasteiger partial charge in [-0.15, -0.1) is 11.3 Å². The minimum atomic E-state index is -0.521. The molecule has 25 heavy (non-hydrogen) atoms. The number of carbonyl (C=O) groups is 1. The SMILES string of the molecule is O=C(OCc1cc(=O)n2c3c(sc2n1)CCCC3)c1ccc(O)cc1. The van der Waals surface area contributed by atoms with Gasteiger partial charge in [-0.25, -0.2) is 9.78 Å². The Morgan fingerprint density at radius 3 is 2.80 bits per heavy atom. The van der Waals surface area contributed by atoms with Crippen LogP contribution in [0.1, 0.15) is 39.5 Å². The molecule has 3 aromatic rings. The van der Waals surface area contributed by atoms with Gasteiger partial charge in [0.05, 0.1) is 11.3 Å². The fraction of sp³-hybridized carbons (Fsp3) is 0.278. The first-order valence-electron chi connectivity index (χ1n) is 8.11. The summed E-state index contributed by atoms with van der Waals surface area (Å²) in [5.41, 5.74) is 1.73. The van der Waals surface area contributed by atoms with Crippen molar-refractivity contribution in [1.82, 2.24) is 9.38 Å². The van der Waals surface area contributed by atoms with Gasteiger partial charge in [-0.2, -0.15) is 0 Å². The molecule has 0 fully saturated rings. The summed E-state index contributed by atoms with van der Waals surface area (Å²) in [5, 5.41) is 9.25. The lowest BCUT2D eigenvalue weighted by Gasteiger charge is -2.10. The topological polar surface area (TPSA) is 80.9 Å². The molecular formula is C18H16N2O4S. The second-order valence-corrected chi connectivity index (χ2v) is 7.07. The van der Waals surface area contributed by atoms with Crippen LogP contribution in [0, 0.1) is 0 Å². The Hall–Kier alpha value is -2.67. The summed E-state index contributed by atoms with van der Waals surface area (Å²) in [6, 6.07) is 7.23. The van der Waals surface area contributed by atoms with Gasteiger partial charge < -0.3 is 9.84 Å². The Morgan fingerprint density at radius 2 is 2.00 bits per heavy atom. The third-order valence-electron chi connectivity index (χ3n) is 4.27. The Bertz CT molecular complexity index is 1000. The lowest BCUT2D eigenvalue weighted by molar-refractivity contribution is 0.0468. The Morgan fingerprint density at radius 1 is 1.24 bits per heavy atom. The smallest absolute Gasteiger partial charge is 0.338 e. The van der Waals surface area contributed by atoms with Crippen molar-refractivity contribution in [2.24, 2.45) is 0 Å². The molecule has 0 saturated carbocycles. The molecule has 2 heterocycles. The zero-order chi connectivity index (χ0) is 17.4. The maximum absolute atomic E-state index is 12.4. The Balaban J connectivity index is 1.57. The highest BCUT2D eigenvalue weighted by molar-refractivity contribution is 7.17. The number of esters is 1. The number of rotatable bonds is 3. The standard InChI is InChI=1S/C18H16N2O4S/c21-13-7-5-11(6-8-13)17(23)24-10-12-9-16(22)20-14-3-1-2-4-15(14)25-18(20)19-12/h5-9,21H,1-4,10H2. The second-order valence-electron chi connectivity index (χ2n) is 6.01. The Labute approximate surface area is 147 Å². The first-order chi connectivity index (χ1) is 12.1. The van der Waals surface area contributed by atoms with Crippen molar-refractivity contribution in [2.75, 3.05) is 0 Å².